The summed E-state index contributed by atoms with van der Waals surface area (Å²) in [6.07, 6.45) is 94.1. The molecule has 0 amide bonds. The first-order valence-corrected chi connectivity index (χ1v) is 42.7. The molecule has 19 heteroatoms. The summed E-state index contributed by atoms with van der Waals surface area (Å²) >= 11 is 0. The van der Waals surface area contributed by atoms with Gasteiger partial charge in [0.2, 0.25) is 0 Å². The van der Waals surface area contributed by atoms with E-state index in [0.717, 1.165) is 186 Å². The second-order valence-corrected chi connectivity index (χ2v) is 28.4. The van der Waals surface area contributed by atoms with Crippen LogP contribution < -0.4 is 0 Å². The number of ether oxygens (including phenoxy) is 4. The Hall–Kier alpha value is -6.10. The van der Waals surface area contributed by atoms with Crippen molar-refractivity contribution in [2.24, 2.45) is 0 Å². The Bertz CT molecular complexity index is 2780. The van der Waals surface area contributed by atoms with Gasteiger partial charge in [0.1, 0.15) is 19.3 Å². The molecular weight excluding hydrogens is 1380 g/mol. The molecule has 0 aliphatic heterocycles. The number of unbranched alkanes of at least 4 members (excludes halogenated alkanes) is 14. The van der Waals surface area contributed by atoms with E-state index in [9.17, 15) is 43.2 Å². The SMILES string of the molecule is CC/C=C\C/C=C\C/C=C\C/C=C\CCCCCCC(=O)OCC(COP(=O)(O)OCC(O)COP(=O)(O)OCC(COC(=O)CCCCCC/C=C\C/C=C\C/C=C\C/C=C\CC)OC(=O)CCCCCC/C=C\C/C=C\C/C=C\C/C=C\CC)OC(=O)CCCC/C=C\C/C=C\C/C=C\C/C=C\CC. The van der Waals surface area contributed by atoms with Crippen LogP contribution in [0.2, 0.25) is 0 Å². The summed E-state index contributed by atoms with van der Waals surface area (Å²) in [5.74, 6) is -2.32. The molecular formula is C87H138O17P2. The molecule has 17 nitrogen and oxygen atoms in total. The standard InChI is InChI=1S/C87H138O17P2/c1-5-9-13-17-21-25-29-33-37-40-44-47-51-55-59-63-67-71-84(89)97-77-82(103-86(91)73-69-65-61-57-53-49-43-36-32-28-24-20-16-12-8-4)79-101-105(93,94)99-75-81(88)76-100-106(95,96)102-80-83(104-87(92)74-70-66-62-58-54-50-46-42-39-35-31-27-23-19-15-11-7-3)78-98-85(90)72-68-64-60-56-52-48-45-41-38-34-30-26-22-18-14-10-6-2/h9-16,21-28,33-39,43-48,50,53,57,81-83,88H,5-8,17-20,29-32,40-42,49,51-52,54-56,58-80H2,1-4H3,(H,93,94)(H,95,96)/b13-9-,14-10-,15-11-,16-12-,25-21-,26-22-,27-23-,28-24-,37-33-,38-34-,39-35-,43-36-,47-44-,48-45-,50-46-,57-53-. The third-order valence-corrected chi connectivity index (χ3v) is 17.4. The van der Waals surface area contributed by atoms with Crippen LogP contribution in [0.4, 0.5) is 0 Å². The van der Waals surface area contributed by atoms with Gasteiger partial charge in [0.25, 0.3) is 0 Å². The van der Waals surface area contributed by atoms with Gasteiger partial charge in [-0.3, -0.25) is 37.3 Å². The third-order valence-electron chi connectivity index (χ3n) is 15.5. The second-order valence-electron chi connectivity index (χ2n) is 25.5. The molecule has 0 heterocycles. The fourth-order valence-electron chi connectivity index (χ4n) is 9.65. The second kappa shape index (κ2) is 77.1. The molecule has 0 saturated carbocycles. The average molecular weight is 1520 g/mol. The Balaban J connectivity index is 5.50. The molecule has 0 aromatic heterocycles. The molecule has 0 aromatic rings. The van der Waals surface area contributed by atoms with Gasteiger partial charge in [0.15, 0.2) is 12.2 Å². The van der Waals surface area contributed by atoms with E-state index in [1.165, 1.54) is 0 Å². The van der Waals surface area contributed by atoms with E-state index in [2.05, 4.69) is 222 Å². The van der Waals surface area contributed by atoms with Crippen molar-refractivity contribution in [3.05, 3.63) is 194 Å². The van der Waals surface area contributed by atoms with Crippen LogP contribution in [-0.2, 0) is 65.4 Å². The van der Waals surface area contributed by atoms with Crippen LogP contribution in [0.15, 0.2) is 194 Å². The number of carbonyl (C=O) groups is 4. The van der Waals surface area contributed by atoms with Crippen molar-refractivity contribution in [3.63, 3.8) is 0 Å². The smallest absolute Gasteiger partial charge is 0.462 e. The van der Waals surface area contributed by atoms with Crippen molar-refractivity contribution >= 4 is 39.5 Å². The van der Waals surface area contributed by atoms with Gasteiger partial charge in [-0.25, -0.2) is 9.13 Å². The maximum atomic E-state index is 13.1. The van der Waals surface area contributed by atoms with Crippen LogP contribution in [0.1, 0.15) is 272 Å². The number of allylic oxidation sites excluding steroid dienone is 32. The lowest BCUT2D eigenvalue weighted by atomic mass is 10.1. The molecule has 0 spiro atoms. The average Bonchev–Trinajstić information content (AvgIpc) is 0.901. The fourth-order valence-corrected chi connectivity index (χ4v) is 11.2. The fraction of sp³-hybridized carbons (Fsp3) is 0.586. The van der Waals surface area contributed by atoms with Crippen LogP contribution in [0.3, 0.4) is 0 Å². The monoisotopic (exact) mass is 1520 g/mol. The van der Waals surface area contributed by atoms with Crippen molar-refractivity contribution in [3.8, 4) is 0 Å². The Morgan fingerprint density at radius 2 is 0.462 bits per heavy atom. The number of esters is 4. The molecule has 0 fully saturated rings. The Kier molecular flexibility index (Phi) is 72.6. The van der Waals surface area contributed by atoms with E-state index >= 15 is 0 Å². The van der Waals surface area contributed by atoms with Crippen LogP contribution in [-0.4, -0.2) is 96.7 Å². The van der Waals surface area contributed by atoms with Gasteiger partial charge < -0.3 is 33.8 Å². The largest absolute Gasteiger partial charge is 0.472 e. The van der Waals surface area contributed by atoms with Gasteiger partial charge in [0.05, 0.1) is 26.4 Å². The van der Waals surface area contributed by atoms with E-state index < -0.39 is 97.5 Å². The molecule has 3 N–H and O–H groups in total. The summed E-state index contributed by atoms with van der Waals surface area (Å²) in [7, 11) is -10.0. The van der Waals surface area contributed by atoms with Crippen molar-refractivity contribution in [1.82, 2.24) is 0 Å². The lowest BCUT2D eigenvalue weighted by Crippen LogP contribution is -2.30. The van der Waals surface area contributed by atoms with Gasteiger partial charge in [-0.1, -0.05) is 261 Å². The lowest BCUT2D eigenvalue weighted by Gasteiger charge is -2.21. The van der Waals surface area contributed by atoms with E-state index in [-0.39, 0.29) is 25.7 Å². The highest BCUT2D eigenvalue weighted by atomic mass is 31.2. The Morgan fingerprint density at radius 3 is 0.717 bits per heavy atom. The number of hydrogen-bond acceptors (Lipinski definition) is 15. The van der Waals surface area contributed by atoms with Gasteiger partial charge in [0, 0.05) is 25.7 Å². The zero-order valence-electron chi connectivity index (χ0n) is 65.3. The minimum atomic E-state index is -5.01. The molecule has 0 bridgehead atoms. The highest BCUT2D eigenvalue weighted by molar-refractivity contribution is 7.47. The number of carbonyl (C=O) groups excluding carboxylic acids is 4. The molecule has 0 aromatic carbocycles. The first-order chi connectivity index (χ1) is 51.7. The zero-order chi connectivity index (χ0) is 77.4. The number of aliphatic hydroxyl groups is 1. The molecule has 0 rings (SSSR count). The highest BCUT2D eigenvalue weighted by Gasteiger charge is 2.30. The molecule has 0 aliphatic carbocycles. The summed E-state index contributed by atoms with van der Waals surface area (Å²) < 4.78 is 68.5. The number of hydrogen-bond donors (Lipinski definition) is 3. The molecule has 0 saturated heterocycles. The topological polar surface area (TPSA) is 237 Å². The van der Waals surface area contributed by atoms with Crippen molar-refractivity contribution < 1.29 is 80.2 Å². The van der Waals surface area contributed by atoms with Gasteiger partial charge in [-0.15, -0.1) is 0 Å². The summed E-state index contributed by atoms with van der Waals surface area (Å²) in [5, 5.41) is 10.6. The highest BCUT2D eigenvalue weighted by Crippen LogP contribution is 2.45. The van der Waals surface area contributed by atoms with E-state index in [1.54, 1.807) is 0 Å². The first-order valence-electron chi connectivity index (χ1n) is 39.7. The molecule has 0 aliphatic rings. The number of rotatable bonds is 72. The third kappa shape index (κ3) is 76.1. The predicted molar refractivity (Wildman–Crippen MR) is 436 cm³/mol. The first kappa shape index (κ1) is 99.9. The molecule has 598 valence electrons. The summed E-state index contributed by atoms with van der Waals surface area (Å²) in [5.41, 5.74) is 0. The quantitative estimate of drug-likeness (QED) is 0.0169. The Morgan fingerprint density at radius 1 is 0.264 bits per heavy atom. The van der Waals surface area contributed by atoms with Crippen molar-refractivity contribution in [2.75, 3.05) is 39.6 Å². The van der Waals surface area contributed by atoms with Crippen LogP contribution in [0.25, 0.3) is 0 Å². The maximum absolute atomic E-state index is 13.1. The van der Waals surface area contributed by atoms with Gasteiger partial charge in [-0.05, 0) is 180 Å². The number of phosphoric ester groups is 2. The summed E-state index contributed by atoms with van der Waals surface area (Å²) in [6, 6.07) is 0. The Labute approximate surface area is 640 Å². The van der Waals surface area contributed by atoms with Crippen molar-refractivity contribution in [1.29, 1.82) is 0 Å². The number of phosphoric acid groups is 2. The molecule has 5 atom stereocenters. The molecule has 106 heavy (non-hydrogen) atoms. The normalized spacial score (nSPS) is 14.9. The van der Waals surface area contributed by atoms with Crippen LogP contribution in [0, 0.1) is 0 Å². The van der Waals surface area contributed by atoms with E-state index in [0.29, 0.717) is 32.1 Å². The maximum Gasteiger partial charge on any atom is 0.472 e. The lowest BCUT2D eigenvalue weighted by molar-refractivity contribution is -0.161. The summed E-state index contributed by atoms with van der Waals surface area (Å²) in [6.45, 7) is 4.26. The van der Waals surface area contributed by atoms with Crippen molar-refractivity contribution in [2.45, 2.75) is 290 Å². The number of aliphatic hydroxyl groups excluding tert-OH is 1. The summed E-state index contributed by atoms with van der Waals surface area (Å²) in [4.78, 5) is 73.1. The zero-order valence-corrected chi connectivity index (χ0v) is 67.1. The minimum absolute atomic E-state index is 0.0281. The van der Waals surface area contributed by atoms with Crippen LogP contribution in [0.5, 0.6) is 0 Å². The van der Waals surface area contributed by atoms with Gasteiger partial charge >= 0.3 is 39.5 Å². The molecule has 5 unspecified atom stereocenters. The van der Waals surface area contributed by atoms with E-state index in [1.807, 2.05) is 0 Å². The van der Waals surface area contributed by atoms with Crippen LogP contribution >= 0.6 is 15.6 Å². The molecule has 0 radical (unpaired) electrons. The van der Waals surface area contributed by atoms with Gasteiger partial charge in [-0.2, -0.15) is 0 Å². The minimum Gasteiger partial charge on any atom is -0.462 e. The van der Waals surface area contributed by atoms with E-state index in [4.69, 9.17) is 37.0 Å². The predicted octanol–water partition coefficient (Wildman–Crippen LogP) is 23.3.